The molecule has 172 valence electrons. The van der Waals surface area contributed by atoms with Crippen LogP contribution < -0.4 is 5.32 Å². The highest BCUT2D eigenvalue weighted by molar-refractivity contribution is 8.15. The van der Waals surface area contributed by atoms with E-state index in [-0.39, 0.29) is 24.1 Å². The molecule has 1 unspecified atom stereocenters. The Morgan fingerprint density at radius 2 is 1.84 bits per heavy atom. The monoisotopic (exact) mass is 456 g/mol. The third-order valence-corrected chi connectivity index (χ3v) is 7.17. The summed E-state index contributed by atoms with van der Waals surface area (Å²) < 4.78 is 0. The molecule has 2 heterocycles. The summed E-state index contributed by atoms with van der Waals surface area (Å²) in [5.74, 6) is 0.0320. The number of piperidine rings is 1. The predicted octanol–water partition coefficient (Wildman–Crippen LogP) is 3.76. The number of likely N-dealkylation sites (tertiary alicyclic amines) is 1. The standard InChI is InChI=1S/C24H32N4O3S/c1-16(2)15-28(19-10-11-19)23(31)17-6-8-18(9-7-17)25-21(29)14-20-22(30)26-24(32-20)27-12-4-3-5-13-27/h6-9,16,19-20H,3-5,10-15H2,1-2H3,(H,25,29). The third-order valence-electron chi connectivity index (χ3n) is 5.95. The van der Waals surface area contributed by atoms with E-state index in [0.717, 1.165) is 50.5 Å². The Labute approximate surface area is 194 Å². The van der Waals surface area contributed by atoms with E-state index in [1.165, 1.54) is 18.2 Å². The van der Waals surface area contributed by atoms with Gasteiger partial charge in [0.15, 0.2) is 5.17 Å². The number of amidine groups is 1. The van der Waals surface area contributed by atoms with Crippen LogP contribution in [-0.4, -0.2) is 63.6 Å². The van der Waals surface area contributed by atoms with Gasteiger partial charge in [0.05, 0.1) is 0 Å². The van der Waals surface area contributed by atoms with Crippen molar-refractivity contribution in [1.29, 1.82) is 0 Å². The molecule has 1 saturated heterocycles. The van der Waals surface area contributed by atoms with E-state index in [4.69, 9.17) is 0 Å². The lowest BCUT2D eigenvalue weighted by molar-refractivity contribution is -0.121. The van der Waals surface area contributed by atoms with Crippen molar-refractivity contribution in [3.8, 4) is 0 Å². The molecule has 0 spiro atoms. The number of anilines is 1. The van der Waals surface area contributed by atoms with Crippen molar-refractivity contribution in [2.24, 2.45) is 10.9 Å². The summed E-state index contributed by atoms with van der Waals surface area (Å²) in [6.07, 6.45) is 5.70. The Hall–Kier alpha value is -2.35. The summed E-state index contributed by atoms with van der Waals surface area (Å²) in [5.41, 5.74) is 1.26. The summed E-state index contributed by atoms with van der Waals surface area (Å²) in [7, 11) is 0. The molecule has 0 radical (unpaired) electrons. The van der Waals surface area contributed by atoms with Gasteiger partial charge in [-0.15, -0.1) is 0 Å². The van der Waals surface area contributed by atoms with Crippen molar-refractivity contribution in [3.63, 3.8) is 0 Å². The van der Waals surface area contributed by atoms with Gasteiger partial charge in [0, 0.05) is 43.3 Å². The number of rotatable bonds is 7. The molecule has 1 N–H and O–H groups in total. The van der Waals surface area contributed by atoms with Crippen molar-refractivity contribution in [3.05, 3.63) is 29.8 Å². The van der Waals surface area contributed by atoms with Crippen LogP contribution in [0.4, 0.5) is 5.69 Å². The van der Waals surface area contributed by atoms with Crippen LogP contribution in [-0.2, 0) is 9.59 Å². The number of nitrogens with zero attached hydrogens (tertiary/aromatic N) is 3. The largest absolute Gasteiger partial charge is 0.351 e. The second-order valence-corrected chi connectivity index (χ2v) is 10.5. The van der Waals surface area contributed by atoms with Gasteiger partial charge in [0.25, 0.3) is 11.8 Å². The second-order valence-electron chi connectivity index (χ2n) is 9.30. The molecule has 4 rings (SSSR count). The fraction of sp³-hybridized carbons (Fsp3) is 0.583. The quantitative estimate of drug-likeness (QED) is 0.676. The van der Waals surface area contributed by atoms with Gasteiger partial charge >= 0.3 is 0 Å². The van der Waals surface area contributed by atoms with Crippen LogP contribution in [0.1, 0.15) is 62.7 Å². The average Bonchev–Trinajstić information content (AvgIpc) is 3.56. The Balaban J connectivity index is 1.29. The lowest BCUT2D eigenvalue weighted by atomic mass is 10.1. The van der Waals surface area contributed by atoms with E-state index in [1.807, 2.05) is 4.90 Å². The molecule has 7 nitrogen and oxygen atoms in total. The highest BCUT2D eigenvalue weighted by Crippen LogP contribution is 2.30. The van der Waals surface area contributed by atoms with Crippen LogP contribution in [0, 0.1) is 5.92 Å². The molecule has 8 heteroatoms. The van der Waals surface area contributed by atoms with Crippen LogP contribution >= 0.6 is 11.8 Å². The van der Waals surface area contributed by atoms with Crippen LogP contribution in [0.3, 0.4) is 0 Å². The van der Waals surface area contributed by atoms with E-state index in [2.05, 4.69) is 29.1 Å². The van der Waals surface area contributed by atoms with Gasteiger partial charge in [-0.2, -0.15) is 4.99 Å². The van der Waals surface area contributed by atoms with Gasteiger partial charge in [-0.3, -0.25) is 14.4 Å². The van der Waals surface area contributed by atoms with Crippen molar-refractivity contribution in [2.45, 2.75) is 63.7 Å². The number of carbonyl (C=O) groups excluding carboxylic acids is 3. The average molecular weight is 457 g/mol. The van der Waals surface area contributed by atoms with Crippen LogP contribution in [0.5, 0.6) is 0 Å². The summed E-state index contributed by atoms with van der Waals surface area (Å²) in [6, 6.07) is 7.40. The molecule has 1 atom stereocenters. The highest BCUT2D eigenvalue weighted by Gasteiger charge is 2.34. The number of amides is 3. The maximum absolute atomic E-state index is 12.9. The number of nitrogens with one attached hydrogen (secondary N) is 1. The first kappa shape index (κ1) is 22.8. The summed E-state index contributed by atoms with van der Waals surface area (Å²) in [6.45, 7) is 6.86. The zero-order valence-electron chi connectivity index (χ0n) is 18.9. The SMILES string of the molecule is CC(C)CN(C(=O)c1ccc(NC(=O)CC2SC(N3CCCCC3)=NC2=O)cc1)C1CC1. The topological polar surface area (TPSA) is 82.1 Å². The first-order valence-electron chi connectivity index (χ1n) is 11.7. The molecule has 2 aliphatic heterocycles. The molecule has 3 amide bonds. The Morgan fingerprint density at radius 1 is 1.16 bits per heavy atom. The van der Waals surface area contributed by atoms with Gasteiger partial charge in [-0.05, 0) is 62.3 Å². The molecular weight excluding hydrogens is 424 g/mol. The van der Waals surface area contributed by atoms with Crippen LogP contribution in [0.25, 0.3) is 0 Å². The van der Waals surface area contributed by atoms with Crippen LogP contribution in [0.15, 0.2) is 29.3 Å². The molecule has 0 bridgehead atoms. The fourth-order valence-corrected chi connectivity index (χ4v) is 5.27. The van der Waals surface area contributed by atoms with E-state index in [0.29, 0.717) is 23.2 Å². The molecule has 1 aliphatic carbocycles. The zero-order valence-corrected chi connectivity index (χ0v) is 19.7. The number of thioether (sulfide) groups is 1. The minimum Gasteiger partial charge on any atom is -0.351 e. The van der Waals surface area contributed by atoms with E-state index >= 15 is 0 Å². The number of aliphatic imine (C=N–C) groups is 1. The van der Waals surface area contributed by atoms with E-state index in [9.17, 15) is 14.4 Å². The van der Waals surface area contributed by atoms with Gasteiger partial charge in [-0.1, -0.05) is 25.6 Å². The molecule has 32 heavy (non-hydrogen) atoms. The minimum atomic E-state index is -0.462. The van der Waals surface area contributed by atoms with Gasteiger partial charge in [0.1, 0.15) is 5.25 Å². The lowest BCUT2D eigenvalue weighted by Gasteiger charge is -2.27. The first-order valence-corrected chi connectivity index (χ1v) is 12.5. The first-order chi connectivity index (χ1) is 15.4. The smallest absolute Gasteiger partial charge is 0.262 e. The molecule has 1 saturated carbocycles. The lowest BCUT2D eigenvalue weighted by Crippen LogP contribution is -2.36. The Bertz CT molecular complexity index is 889. The van der Waals surface area contributed by atoms with Crippen molar-refractivity contribution in [2.75, 3.05) is 25.0 Å². The molecule has 3 aliphatic rings. The molecule has 1 aromatic carbocycles. The minimum absolute atomic E-state index is 0.0504. The van der Waals surface area contributed by atoms with Gasteiger partial charge in [-0.25, -0.2) is 0 Å². The maximum atomic E-state index is 12.9. The van der Waals surface area contributed by atoms with E-state index in [1.54, 1.807) is 24.3 Å². The van der Waals surface area contributed by atoms with Gasteiger partial charge in [0.2, 0.25) is 5.91 Å². The Morgan fingerprint density at radius 3 is 2.47 bits per heavy atom. The summed E-state index contributed by atoms with van der Waals surface area (Å²) in [5, 5.41) is 3.15. The molecule has 0 aromatic heterocycles. The number of hydrogen-bond acceptors (Lipinski definition) is 5. The molecule has 2 fully saturated rings. The number of carbonyl (C=O) groups is 3. The molecular formula is C24H32N4O3S. The predicted molar refractivity (Wildman–Crippen MR) is 128 cm³/mol. The fourth-order valence-electron chi connectivity index (χ4n) is 4.15. The van der Waals surface area contributed by atoms with Crippen LogP contribution in [0.2, 0.25) is 0 Å². The maximum Gasteiger partial charge on any atom is 0.262 e. The van der Waals surface area contributed by atoms with E-state index < -0.39 is 5.25 Å². The van der Waals surface area contributed by atoms with Gasteiger partial charge < -0.3 is 15.1 Å². The number of hydrogen-bond donors (Lipinski definition) is 1. The third kappa shape index (κ3) is 5.71. The Kier molecular flexibility index (Phi) is 7.18. The second kappa shape index (κ2) is 10.1. The highest BCUT2D eigenvalue weighted by atomic mass is 32.2. The summed E-state index contributed by atoms with van der Waals surface area (Å²) in [4.78, 5) is 46.0. The number of benzene rings is 1. The normalized spacial score (nSPS) is 21.0. The zero-order chi connectivity index (χ0) is 22.7. The van der Waals surface area contributed by atoms with Crippen molar-refractivity contribution in [1.82, 2.24) is 9.80 Å². The van der Waals surface area contributed by atoms with Crippen molar-refractivity contribution < 1.29 is 14.4 Å². The van der Waals surface area contributed by atoms with Crippen molar-refractivity contribution >= 4 is 40.3 Å². The summed E-state index contributed by atoms with van der Waals surface area (Å²) >= 11 is 1.40. The molecule has 1 aromatic rings.